The van der Waals surface area contributed by atoms with Gasteiger partial charge in [0.25, 0.3) is 11.8 Å². The molecule has 2 N–H and O–H groups in total. The summed E-state index contributed by atoms with van der Waals surface area (Å²) in [7, 11) is 0. The monoisotopic (exact) mass is 552 g/mol. The molecule has 4 rings (SSSR count). The van der Waals surface area contributed by atoms with Gasteiger partial charge in [-0.05, 0) is 72.3 Å². The standard InChI is InChI=1S/C29H20ClF3N2O4/c30-21-12-16-23(17-13-21)38-22-14-10-19(11-15-22)18-25(35-27(36)20-6-2-1-3-7-20)28(37)34-24-8-4-5-9-26(24)39-29(31,32)33/h1-18H,(H,34,37)(H,35,36)/b25-18-. The number of hydrogen-bond donors (Lipinski definition) is 2. The SMILES string of the molecule is O=C(Nc1ccccc1OC(F)(F)F)/C(=C/c1ccc(Oc2ccc(Cl)cc2)cc1)NC(=O)c1ccccc1. The Balaban J connectivity index is 1.59. The number of alkyl halides is 3. The van der Waals surface area contributed by atoms with E-state index in [1.807, 2.05) is 0 Å². The maximum Gasteiger partial charge on any atom is 0.573 e. The van der Waals surface area contributed by atoms with Crippen molar-refractivity contribution in [3.05, 3.63) is 125 Å². The number of ether oxygens (including phenoxy) is 2. The lowest BCUT2D eigenvalue weighted by molar-refractivity contribution is -0.274. The highest BCUT2D eigenvalue weighted by molar-refractivity contribution is 6.30. The number of amides is 2. The van der Waals surface area contributed by atoms with Gasteiger partial charge >= 0.3 is 6.36 Å². The third-order valence-electron chi connectivity index (χ3n) is 5.13. The first-order valence-electron chi connectivity index (χ1n) is 11.4. The predicted octanol–water partition coefficient (Wildman–Crippen LogP) is 7.44. The first-order chi connectivity index (χ1) is 18.7. The molecule has 0 bridgehead atoms. The number of anilines is 1. The summed E-state index contributed by atoms with van der Waals surface area (Å²) in [6.07, 6.45) is -3.58. The summed E-state index contributed by atoms with van der Waals surface area (Å²) in [5.74, 6) is -0.973. The molecule has 0 radical (unpaired) electrons. The average molecular weight is 553 g/mol. The van der Waals surface area contributed by atoms with E-state index < -0.39 is 23.9 Å². The Bertz CT molecular complexity index is 1470. The van der Waals surface area contributed by atoms with Crippen LogP contribution in [0.3, 0.4) is 0 Å². The molecule has 0 heterocycles. The van der Waals surface area contributed by atoms with E-state index in [2.05, 4.69) is 15.4 Å². The summed E-state index contributed by atoms with van der Waals surface area (Å²) in [5.41, 5.74) is 0.351. The van der Waals surface area contributed by atoms with Crippen molar-refractivity contribution in [3.63, 3.8) is 0 Å². The molecule has 6 nitrogen and oxygen atoms in total. The lowest BCUT2D eigenvalue weighted by Gasteiger charge is -2.15. The van der Waals surface area contributed by atoms with Crippen LogP contribution in [-0.2, 0) is 4.79 Å². The van der Waals surface area contributed by atoms with Crippen LogP contribution in [0.2, 0.25) is 5.02 Å². The van der Waals surface area contributed by atoms with Crippen molar-refractivity contribution in [3.8, 4) is 17.2 Å². The lowest BCUT2D eigenvalue weighted by atomic mass is 10.1. The zero-order valence-electron chi connectivity index (χ0n) is 20.0. The molecule has 39 heavy (non-hydrogen) atoms. The Kier molecular flexibility index (Phi) is 8.53. The Hall–Kier alpha value is -4.76. The molecule has 0 fully saturated rings. The largest absolute Gasteiger partial charge is 0.573 e. The van der Waals surface area contributed by atoms with Crippen molar-refractivity contribution in [2.75, 3.05) is 5.32 Å². The number of para-hydroxylation sites is 2. The van der Waals surface area contributed by atoms with Crippen molar-refractivity contribution >= 4 is 35.2 Å². The maximum atomic E-state index is 13.2. The summed E-state index contributed by atoms with van der Waals surface area (Å²) in [5, 5.41) is 5.48. The highest BCUT2D eigenvalue weighted by Gasteiger charge is 2.32. The quantitative estimate of drug-likeness (QED) is 0.223. The Morgan fingerprint density at radius 3 is 2.00 bits per heavy atom. The second-order valence-corrected chi connectivity index (χ2v) is 8.44. The van der Waals surface area contributed by atoms with E-state index in [0.717, 1.165) is 6.07 Å². The summed E-state index contributed by atoms with van der Waals surface area (Å²) in [4.78, 5) is 26.0. The number of nitrogens with one attached hydrogen (secondary N) is 2. The maximum absolute atomic E-state index is 13.2. The fraction of sp³-hybridized carbons (Fsp3) is 0.0345. The molecule has 0 saturated carbocycles. The van der Waals surface area contributed by atoms with Crippen LogP contribution >= 0.6 is 11.6 Å². The fourth-order valence-corrected chi connectivity index (χ4v) is 3.48. The number of rotatable bonds is 8. The van der Waals surface area contributed by atoms with E-state index in [1.165, 1.54) is 24.3 Å². The van der Waals surface area contributed by atoms with Crippen LogP contribution in [-0.4, -0.2) is 18.2 Å². The zero-order chi connectivity index (χ0) is 27.8. The normalized spacial score (nSPS) is 11.4. The lowest BCUT2D eigenvalue weighted by Crippen LogP contribution is -2.31. The first-order valence-corrected chi connectivity index (χ1v) is 11.8. The van der Waals surface area contributed by atoms with E-state index in [0.29, 0.717) is 22.1 Å². The Morgan fingerprint density at radius 2 is 1.36 bits per heavy atom. The van der Waals surface area contributed by atoms with Gasteiger partial charge in [-0.15, -0.1) is 13.2 Å². The average Bonchev–Trinajstić information content (AvgIpc) is 2.91. The van der Waals surface area contributed by atoms with E-state index in [-0.39, 0.29) is 16.9 Å². The van der Waals surface area contributed by atoms with Gasteiger partial charge in [-0.1, -0.05) is 54.1 Å². The molecule has 0 unspecified atom stereocenters. The zero-order valence-corrected chi connectivity index (χ0v) is 20.8. The third-order valence-corrected chi connectivity index (χ3v) is 5.38. The molecule has 0 aliphatic rings. The van der Waals surface area contributed by atoms with Crippen molar-refractivity contribution < 1.29 is 32.2 Å². The molecule has 0 atom stereocenters. The van der Waals surface area contributed by atoms with E-state index in [4.69, 9.17) is 16.3 Å². The van der Waals surface area contributed by atoms with Gasteiger partial charge in [-0.2, -0.15) is 0 Å². The summed E-state index contributed by atoms with van der Waals surface area (Å²) < 4.78 is 48.3. The van der Waals surface area contributed by atoms with E-state index >= 15 is 0 Å². The molecule has 0 aliphatic carbocycles. The molecule has 4 aromatic rings. The number of halogens is 4. The van der Waals surface area contributed by atoms with Gasteiger partial charge in [0.2, 0.25) is 0 Å². The van der Waals surface area contributed by atoms with Crippen LogP contribution in [0.1, 0.15) is 15.9 Å². The van der Waals surface area contributed by atoms with Crippen LogP contribution in [0, 0.1) is 0 Å². The minimum absolute atomic E-state index is 0.211. The van der Waals surface area contributed by atoms with Gasteiger partial charge in [0.1, 0.15) is 17.2 Å². The molecule has 2 amide bonds. The molecular formula is C29H20ClF3N2O4. The van der Waals surface area contributed by atoms with Gasteiger partial charge in [0.15, 0.2) is 5.75 Å². The minimum atomic E-state index is -4.96. The van der Waals surface area contributed by atoms with E-state index in [1.54, 1.807) is 78.9 Å². The van der Waals surface area contributed by atoms with Gasteiger partial charge in [-0.3, -0.25) is 9.59 Å². The molecule has 0 saturated heterocycles. The van der Waals surface area contributed by atoms with E-state index in [9.17, 15) is 22.8 Å². The van der Waals surface area contributed by atoms with Crippen LogP contribution in [0.15, 0.2) is 109 Å². The van der Waals surface area contributed by atoms with Crippen molar-refractivity contribution in [2.24, 2.45) is 0 Å². The molecule has 0 aliphatic heterocycles. The van der Waals surface area contributed by atoms with Crippen molar-refractivity contribution in [1.82, 2.24) is 5.32 Å². The topological polar surface area (TPSA) is 76.7 Å². The minimum Gasteiger partial charge on any atom is -0.457 e. The van der Waals surface area contributed by atoms with Gasteiger partial charge < -0.3 is 20.1 Å². The van der Waals surface area contributed by atoms with Crippen LogP contribution in [0.4, 0.5) is 18.9 Å². The predicted molar refractivity (Wildman–Crippen MR) is 142 cm³/mol. The molecule has 0 aromatic heterocycles. The highest BCUT2D eigenvalue weighted by Crippen LogP contribution is 2.30. The van der Waals surface area contributed by atoms with Crippen LogP contribution < -0.4 is 20.1 Å². The number of benzene rings is 4. The van der Waals surface area contributed by atoms with Crippen LogP contribution in [0.25, 0.3) is 6.08 Å². The number of hydrogen-bond acceptors (Lipinski definition) is 4. The molecule has 198 valence electrons. The van der Waals surface area contributed by atoms with Crippen molar-refractivity contribution in [2.45, 2.75) is 6.36 Å². The van der Waals surface area contributed by atoms with Crippen LogP contribution in [0.5, 0.6) is 17.2 Å². The van der Waals surface area contributed by atoms with Gasteiger partial charge in [0, 0.05) is 10.6 Å². The molecular weight excluding hydrogens is 533 g/mol. The van der Waals surface area contributed by atoms with Gasteiger partial charge in [0.05, 0.1) is 5.69 Å². The summed E-state index contributed by atoms with van der Waals surface area (Å²) in [6, 6.07) is 26.6. The highest BCUT2D eigenvalue weighted by atomic mass is 35.5. The molecule has 0 spiro atoms. The van der Waals surface area contributed by atoms with Crippen molar-refractivity contribution in [1.29, 1.82) is 0 Å². The summed E-state index contributed by atoms with van der Waals surface area (Å²) in [6.45, 7) is 0. The molecule has 4 aromatic carbocycles. The fourth-order valence-electron chi connectivity index (χ4n) is 3.35. The number of carbonyl (C=O) groups excluding carboxylic acids is 2. The second kappa shape index (κ2) is 12.2. The van der Waals surface area contributed by atoms with Gasteiger partial charge in [-0.25, -0.2) is 0 Å². The summed E-state index contributed by atoms with van der Waals surface area (Å²) >= 11 is 5.89. The Morgan fingerprint density at radius 1 is 0.769 bits per heavy atom. The third kappa shape index (κ3) is 8.11. The first kappa shape index (κ1) is 27.3. The second-order valence-electron chi connectivity index (χ2n) is 8.00. The number of carbonyl (C=O) groups is 2. The molecule has 10 heteroatoms. The smallest absolute Gasteiger partial charge is 0.457 e. The Labute approximate surface area is 226 Å².